The minimum atomic E-state index is 0. The largest absolute Gasteiger partial charge is 0.489 e. The van der Waals surface area contributed by atoms with E-state index in [0.717, 1.165) is 38.8 Å². The molecular weight excluding hydrogens is 485 g/mol. The molecule has 150 valence electrons. The quantitative estimate of drug-likeness (QED) is 0.341. The molecule has 0 aliphatic carbocycles. The second-order valence-corrected chi connectivity index (χ2v) is 8.13. The van der Waals surface area contributed by atoms with Crippen LogP contribution in [0.25, 0.3) is 0 Å². The van der Waals surface area contributed by atoms with Gasteiger partial charge in [-0.1, -0.05) is 57.5 Å². The van der Waals surface area contributed by atoms with Gasteiger partial charge in [-0.15, -0.1) is 17.5 Å². The maximum absolute atomic E-state index is 6.21. The third-order valence-electron chi connectivity index (χ3n) is 3.77. The molecule has 10 heteroatoms. The molecule has 1 aromatic heterocycles. The molecule has 0 saturated carbocycles. The minimum absolute atomic E-state index is 0. The topological polar surface area (TPSA) is 64.9 Å². The summed E-state index contributed by atoms with van der Waals surface area (Å²) in [5, 5.41) is 16.4. The van der Waals surface area contributed by atoms with Crippen molar-refractivity contribution >= 4 is 51.7 Å². The van der Waals surface area contributed by atoms with Crippen LogP contribution >= 0.6 is 51.7 Å². The first-order valence-corrected chi connectivity index (χ1v) is 10.5. The Labute approximate surface area is 187 Å². The number of hydrogen-bond donors (Lipinski definition) is 1. The van der Waals surface area contributed by atoms with Crippen molar-refractivity contribution in [1.29, 1.82) is 0 Å². The highest BCUT2D eigenvalue weighted by Crippen LogP contribution is 2.25. The monoisotopic (exact) mass is 503 g/mol. The maximum atomic E-state index is 6.21. The molecule has 28 heavy (non-hydrogen) atoms. The van der Waals surface area contributed by atoms with Crippen LogP contribution in [0.2, 0.25) is 5.02 Å². The van der Waals surface area contributed by atoms with Gasteiger partial charge in [-0.25, -0.2) is 4.68 Å². The van der Waals surface area contributed by atoms with E-state index >= 15 is 0 Å². The van der Waals surface area contributed by atoms with Gasteiger partial charge in [0.15, 0.2) is 0 Å². The SMILES string of the molecule is Cl.Cn1nnnc1SCCNCc1cc(Br)ccc1OCc1ccccc1Cl. The molecule has 3 rings (SSSR count). The zero-order valence-corrected chi connectivity index (χ0v) is 19.1. The number of nitrogens with one attached hydrogen (secondary N) is 1. The molecule has 2 aromatic carbocycles. The van der Waals surface area contributed by atoms with Crippen molar-refractivity contribution in [2.75, 3.05) is 12.3 Å². The number of thioether (sulfide) groups is 1. The normalized spacial score (nSPS) is 10.5. The van der Waals surface area contributed by atoms with E-state index in [0.29, 0.717) is 18.2 Å². The molecule has 0 spiro atoms. The fourth-order valence-electron chi connectivity index (χ4n) is 2.38. The number of nitrogens with zero attached hydrogens (tertiary/aromatic N) is 4. The van der Waals surface area contributed by atoms with Crippen molar-refractivity contribution in [1.82, 2.24) is 25.5 Å². The molecule has 0 bridgehead atoms. The molecule has 0 saturated heterocycles. The van der Waals surface area contributed by atoms with E-state index in [4.69, 9.17) is 16.3 Å². The van der Waals surface area contributed by atoms with Gasteiger partial charge in [0.05, 0.1) is 0 Å². The molecule has 3 aromatic rings. The van der Waals surface area contributed by atoms with E-state index in [9.17, 15) is 0 Å². The molecule has 0 fully saturated rings. The molecule has 0 unspecified atom stereocenters. The molecule has 1 heterocycles. The van der Waals surface area contributed by atoms with Gasteiger partial charge in [0.1, 0.15) is 12.4 Å². The van der Waals surface area contributed by atoms with Crippen LogP contribution in [0.5, 0.6) is 5.75 Å². The van der Waals surface area contributed by atoms with Gasteiger partial charge in [-0.05, 0) is 34.7 Å². The predicted molar refractivity (Wildman–Crippen MR) is 118 cm³/mol. The van der Waals surface area contributed by atoms with Gasteiger partial charge in [-0.3, -0.25) is 0 Å². The number of ether oxygens (including phenoxy) is 1. The number of aryl methyl sites for hydroxylation is 1. The summed E-state index contributed by atoms with van der Waals surface area (Å²) in [5.41, 5.74) is 2.05. The molecule has 6 nitrogen and oxygen atoms in total. The van der Waals surface area contributed by atoms with Crippen molar-refractivity contribution < 1.29 is 4.74 Å². The van der Waals surface area contributed by atoms with Crippen molar-refractivity contribution in [3.63, 3.8) is 0 Å². The molecule has 0 atom stereocenters. The van der Waals surface area contributed by atoms with E-state index in [1.54, 1.807) is 16.4 Å². The molecule has 0 aliphatic rings. The lowest BCUT2D eigenvalue weighted by molar-refractivity contribution is 0.302. The number of benzene rings is 2. The summed E-state index contributed by atoms with van der Waals surface area (Å²) in [6.45, 7) is 1.96. The van der Waals surface area contributed by atoms with Gasteiger partial charge in [0, 0.05) is 46.5 Å². The number of hydrogen-bond acceptors (Lipinski definition) is 6. The highest BCUT2D eigenvalue weighted by molar-refractivity contribution is 9.10. The van der Waals surface area contributed by atoms with E-state index in [-0.39, 0.29) is 12.4 Å². The number of tetrazole rings is 1. The Balaban J connectivity index is 0.00000280. The first-order chi connectivity index (χ1) is 13.1. The summed E-state index contributed by atoms with van der Waals surface area (Å²) < 4.78 is 8.69. The Bertz CT molecular complexity index is 896. The van der Waals surface area contributed by atoms with Crippen LogP contribution in [0.4, 0.5) is 0 Å². The smallest absolute Gasteiger partial charge is 0.209 e. The Morgan fingerprint density at radius 2 is 2.04 bits per heavy atom. The molecular formula is C18H20BrCl2N5OS. The lowest BCUT2D eigenvalue weighted by atomic mass is 10.2. The summed E-state index contributed by atoms with van der Waals surface area (Å²) in [6.07, 6.45) is 0. The predicted octanol–water partition coefficient (Wildman–Crippen LogP) is 4.51. The molecule has 0 amide bonds. The third-order valence-corrected chi connectivity index (χ3v) is 5.64. The maximum Gasteiger partial charge on any atom is 0.209 e. The Morgan fingerprint density at radius 3 is 2.79 bits per heavy atom. The van der Waals surface area contributed by atoms with Crippen LogP contribution in [-0.2, 0) is 20.2 Å². The van der Waals surface area contributed by atoms with Crippen LogP contribution < -0.4 is 10.1 Å². The minimum Gasteiger partial charge on any atom is -0.489 e. The summed E-state index contributed by atoms with van der Waals surface area (Å²) >= 11 is 11.4. The Kier molecular flexibility index (Phi) is 9.53. The van der Waals surface area contributed by atoms with E-state index in [1.807, 2.05) is 43.4 Å². The molecule has 0 aliphatic heterocycles. The van der Waals surface area contributed by atoms with Gasteiger partial charge in [0.25, 0.3) is 0 Å². The molecule has 1 N–H and O–H groups in total. The van der Waals surface area contributed by atoms with E-state index < -0.39 is 0 Å². The second kappa shape index (κ2) is 11.6. The van der Waals surface area contributed by atoms with Crippen LogP contribution in [0.15, 0.2) is 52.1 Å². The number of halogens is 3. The first-order valence-electron chi connectivity index (χ1n) is 8.34. The lowest BCUT2D eigenvalue weighted by Gasteiger charge is -2.13. The van der Waals surface area contributed by atoms with Gasteiger partial charge >= 0.3 is 0 Å². The van der Waals surface area contributed by atoms with Crippen molar-refractivity contribution in [2.45, 2.75) is 18.3 Å². The van der Waals surface area contributed by atoms with Gasteiger partial charge in [-0.2, -0.15) is 0 Å². The van der Waals surface area contributed by atoms with Crippen molar-refractivity contribution in [3.05, 3.63) is 63.1 Å². The molecule has 0 radical (unpaired) electrons. The van der Waals surface area contributed by atoms with Crippen LogP contribution in [0.3, 0.4) is 0 Å². The lowest BCUT2D eigenvalue weighted by Crippen LogP contribution is -2.17. The van der Waals surface area contributed by atoms with Crippen LogP contribution in [0.1, 0.15) is 11.1 Å². The highest BCUT2D eigenvalue weighted by Gasteiger charge is 2.07. The fraction of sp³-hybridized carbons (Fsp3) is 0.278. The summed E-state index contributed by atoms with van der Waals surface area (Å²) in [4.78, 5) is 0. The van der Waals surface area contributed by atoms with Crippen LogP contribution in [-0.4, -0.2) is 32.5 Å². The van der Waals surface area contributed by atoms with Crippen LogP contribution in [0, 0.1) is 0 Å². The zero-order valence-electron chi connectivity index (χ0n) is 15.1. The fourth-order valence-corrected chi connectivity index (χ4v) is 3.72. The Morgan fingerprint density at radius 1 is 1.21 bits per heavy atom. The van der Waals surface area contributed by atoms with E-state index in [2.05, 4.69) is 42.8 Å². The van der Waals surface area contributed by atoms with Gasteiger partial charge < -0.3 is 10.1 Å². The second-order valence-electron chi connectivity index (χ2n) is 5.74. The first kappa shape index (κ1) is 23.0. The van der Waals surface area contributed by atoms with E-state index in [1.165, 1.54) is 0 Å². The average Bonchev–Trinajstić information content (AvgIpc) is 3.07. The van der Waals surface area contributed by atoms with Crippen molar-refractivity contribution in [2.24, 2.45) is 7.05 Å². The standard InChI is InChI=1S/C18H19BrClN5OS.ClH/c1-25-18(22-23-24-25)27-9-8-21-11-14-10-15(19)6-7-17(14)26-12-13-4-2-3-5-16(13)20;/h2-7,10,21H,8-9,11-12H2,1H3;1H. The van der Waals surface area contributed by atoms with Gasteiger partial charge in [0.2, 0.25) is 5.16 Å². The Hall–Kier alpha value is -1.32. The number of rotatable bonds is 9. The average molecular weight is 505 g/mol. The third kappa shape index (κ3) is 6.63. The zero-order chi connectivity index (χ0) is 19.1. The number of aromatic nitrogens is 4. The summed E-state index contributed by atoms with van der Waals surface area (Å²) in [7, 11) is 1.83. The highest BCUT2D eigenvalue weighted by atomic mass is 79.9. The summed E-state index contributed by atoms with van der Waals surface area (Å²) in [6, 6.07) is 13.7. The van der Waals surface area contributed by atoms with Crippen molar-refractivity contribution in [3.8, 4) is 5.75 Å². The summed E-state index contributed by atoms with van der Waals surface area (Å²) in [5.74, 6) is 1.72.